The van der Waals surface area contributed by atoms with Crippen molar-refractivity contribution < 1.29 is 13.9 Å². The third-order valence-electron chi connectivity index (χ3n) is 4.82. The van der Waals surface area contributed by atoms with Crippen molar-refractivity contribution in [1.82, 2.24) is 9.88 Å². The highest BCUT2D eigenvalue weighted by Gasteiger charge is 2.41. The molecule has 0 radical (unpaired) electrons. The number of methoxy groups -OCH3 is 1. The summed E-state index contributed by atoms with van der Waals surface area (Å²) in [5, 5.41) is 0.665. The number of carbonyl (C=O) groups is 1. The number of amides is 1. The minimum absolute atomic E-state index is 0.0119. The van der Waals surface area contributed by atoms with Crippen molar-refractivity contribution in [3.05, 3.63) is 40.7 Å². The maximum atomic E-state index is 13.5. The highest BCUT2D eigenvalue weighted by Crippen LogP contribution is 2.37. The maximum absolute atomic E-state index is 13.5. The summed E-state index contributed by atoms with van der Waals surface area (Å²) in [6.45, 7) is 8.37. The van der Waals surface area contributed by atoms with Crippen LogP contribution in [0.4, 0.5) is 4.39 Å². The lowest BCUT2D eigenvalue weighted by Gasteiger charge is -2.43. The Morgan fingerprint density at radius 1 is 1.40 bits per heavy atom. The van der Waals surface area contributed by atoms with Gasteiger partial charge in [-0.15, -0.1) is 11.3 Å². The van der Waals surface area contributed by atoms with Crippen LogP contribution in [0.5, 0.6) is 0 Å². The first-order valence-electron chi connectivity index (χ1n) is 8.33. The number of fused-ring (bicyclic) bond motifs is 1. The Morgan fingerprint density at radius 2 is 2.12 bits per heavy atom. The van der Waals surface area contributed by atoms with E-state index in [1.165, 1.54) is 23.5 Å². The van der Waals surface area contributed by atoms with Crippen LogP contribution in [0.15, 0.2) is 24.3 Å². The van der Waals surface area contributed by atoms with Gasteiger partial charge >= 0.3 is 0 Å². The summed E-state index contributed by atoms with van der Waals surface area (Å²) in [5.41, 5.74) is 1.36. The van der Waals surface area contributed by atoms with Gasteiger partial charge in [-0.25, -0.2) is 9.37 Å². The van der Waals surface area contributed by atoms with Gasteiger partial charge in [-0.2, -0.15) is 0 Å². The van der Waals surface area contributed by atoms with E-state index in [-0.39, 0.29) is 29.4 Å². The summed E-state index contributed by atoms with van der Waals surface area (Å²) in [6.07, 6.45) is 0.209. The maximum Gasteiger partial charge on any atom is 0.268 e. The van der Waals surface area contributed by atoms with E-state index in [1.807, 2.05) is 11.8 Å². The topological polar surface area (TPSA) is 42.4 Å². The molecule has 0 fully saturated rings. The molecule has 1 aliphatic rings. The zero-order chi connectivity index (χ0) is 18.4. The Bertz CT molecular complexity index is 797. The lowest BCUT2D eigenvalue weighted by atomic mass is 9.86. The first-order valence-corrected chi connectivity index (χ1v) is 9.15. The predicted molar refractivity (Wildman–Crippen MR) is 97.1 cm³/mol. The molecule has 134 valence electrons. The number of aromatic nitrogens is 1. The van der Waals surface area contributed by atoms with Crippen LogP contribution in [0.25, 0.3) is 10.6 Å². The van der Waals surface area contributed by atoms with Gasteiger partial charge in [0.2, 0.25) is 0 Å². The summed E-state index contributed by atoms with van der Waals surface area (Å²) in [5.74, 6) is -0.370. The van der Waals surface area contributed by atoms with Gasteiger partial charge in [0, 0.05) is 25.1 Å². The van der Waals surface area contributed by atoms with Crippen LogP contribution in [0.3, 0.4) is 0 Å². The number of carbonyl (C=O) groups excluding carboxylic acids is 1. The molecule has 0 saturated heterocycles. The molecule has 3 rings (SSSR count). The average Bonchev–Trinajstić information content (AvgIpc) is 2.97. The largest absolute Gasteiger partial charge is 0.361 e. The van der Waals surface area contributed by atoms with Gasteiger partial charge in [0.25, 0.3) is 5.91 Å². The van der Waals surface area contributed by atoms with Crippen LogP contribution in [0, 0.1) is 11.2 Å². The third kappa shape index (κ3) is 3.33. The molecule has 1 aromatic heterocycles. The summed E-state index contributed by atoms with van der Waals surface area (Å²) in [6, 6.07) is 6.31. The van der Waals surface area contributed by atoms with Gasteiger partial charge in [0.1, 0.15) is 21.9 Å². The molecule has 4 nitrogen and oxygen atoms in total. The monoisotopic (exact) mass is 362 g/mol. The molecular weight excluding hydrogens is 339 g/mol. The van der Waals surface area contributed by atoms with Crippen LogP contribution in [0.2, 0.25) is 0 Å². The Morgan fingerprint density at radius 3 is 2.72 bits per heavy atom. The average molecular weight is 362 g/mol. The van der Waals surface area contributed by atoms with Gasteiger partial charge in [-0.1, -0.05) is 32.9 Å². The summed E-state index contributed by atoms with van der Waals surface area (Å²) in [7, 11) is 1.62. The number of benzene rings is 1. The SMILES string of the molecule is COC1Cc2nc(-c3cccc(F)c3)sc2C(=O)N1[C@H](C)C(C)(C)C. The zero-order valence-electron chi connectivity index (χ0n) is 15.2. The van der Waals surface area contributed by atoms with Crippen molar-refractivity contribution >= 4 is 17.2 Å². The minimum Gasteiger partial charge on any atom is -0.361 e. The zero-order valence-corrected chi connectivity index (χ0v) is 16.0. The highest BCUT2D eigenvalue weighted by molar-refractivity contribution is 7.17. The number of thiazole rings is 1. The number of halogens is 1. The minimum atomic E-state index is -0.336. The molecule has 0 spiro atoms. The molecule has 1 aliphatic heterocycles. The first-order chi connectivity index (χ1) is 11.7. The summed E-state index contributed by atoms with van der Waals surface area (Å²) < 4.78 is 19.1. The van der Waals surface area contributed by atoms with Gasteiger partial charge in [-0.05, 0) is 24.5 Å². The molecule has 0 bridgehead atoms. The fourth-order valence-corrected chi connectivity index (χ4v) is 3.99. The lowest BCUT2D eigenvalue weighted by molar-refractivity contribution is -0.0582. The van der Waals surface area contributed by atoms with Crippen molar-refractivity contribution in [1.29, 1.82) is 0 Å². The molecule has 2 heterocycles. The molecule has 1 amide bonds. The van der Waals surface area contributed by atoms with E-state index < -0.39 is 0 Å². The molecule has 6 heteroatoms. The summed E-state index contributed by atoms with van der Waals surface area (Å²) >= 11 is 1.33. The quantitative estimate of drug-likeness (QED) is 0.815. The van der Waals surface area contributed by atoms with E-state index >= 15 is 0 Å². The van der Waals surface area contributed by atoms with E-state index in [1.54, 1.807) is 19.2 Å². The lowest BCUT2D eigenvalue weighted by Crippen LogP contribution is -2.54. The predicted octanol–water partition coefficient (Wildman–Crippen LogP) is 4.35. The Kier molecular flexibility index (Phi) is 4.68. The molecule has 1 unspecified atom stereocenters. The number of nitrogens with zero attached hydrogens (tertiary/aromatic N) is 2. The second kappa shape index (κ2) is 6.50. The Hall–Kier alpha value is -1.79. The van der Waals surface area contributed by atoms with Gasteiger partial charge in [0.15, 0.2) is 0 Å². The van der Waals surface area contributed by atoms with Crippen LogP contribution in [0.1, 0.15) is 43.1 Å². The van der Waals surface area contributed by atoms with Crippen molar-refractivity contribution in [2.24, 2.45) is 5.41 Å². The van der Waals surface area contributed by atoms with Crippen LogP contribution in [-0.2, 0) is 11.2 Å². The second-order valence-electron chi connectivity index (χ2n) is 7.45. The normalized spacial score (nSPS) is 19.0. The number of ether oxygens (including phenoxy) is 1. The van der Waals surface area contributed by atoms with E-state index in [2.05, 4.69) is 25.8 Å². The Labute approximate surface area is 151 Å². The first kappa shape index (κ1) is 18.0. The van der Waals surface area contributed by atoms with Crippen LogP contribution < -0.4 is 0 Å². The number of hydrogen-bond acceptors (Lipinski definition) is 4. The van der Waals surface area contributed by atoms with Crippen molar-refractivity contribution in [3.63, 3.8) is 0 Å². The van der Waals surface area contributed by atoms with Crippen molar-refractivity contribution in [2.45, 2.75) is 46.4 Å². The summed E-state index contributed by atoms with van der Waals surface area (Å²) in [4.78, 5) is 20.2. The molecule has 25 heavy (non-hydrogen) atoms. The molecule has 0 N–H and O–H groups in total. The smallest absolute Gasteiger partial charge is 0.268 e. The van der Waals surface area contributed by atoms with Crippen LogP contribution >= 0.6 is 11.3 Å². The molecular formula is C19H23FN2O2S. The van der Waals surface area contributed by atoms with Gasteiger partial charge in [-0.3, -0.25) is 4.79 Å². The Balaban J connectivity index is 2.01. The fourth-order valence-electron chi connectivity index (χ4n) is 2.95. The molecule has 0 aliphatic carbocycles. The second-order valence-corrected chi connectivity index (χ2v) is 8.45. The van der Waals surface area contributed by atoms with Gasteiger partial charge < -0.3 is 9.64 Å². The standard InChI is InChI=1S/C19H23FN2O2S/c1-11(19(2,3)4)22-15(24-5)10-14-16(18(22)23)25-17(21-14)12-7-6-8-13(20)9-12/h6-9,11,15H,10H2,1-5H3/t11-,15?/m1/s1. The molecule has 1 aromatic carbocycles. The molecule has 0 saturated carbocycles. The van der Waals surface area contributed by atoms with E-state index in [0.29, 0.717) is 21.9 Å². The molecule has 2 atom stereocenters. The highest BCUT2D eigenvalue weighted by atomic mass is 32.1. The van der Waals surface area contributed by atoms with Gasteiger partial charge in [0.05, 0.1) is 5.69 Å². The fraction of sp³-hybridized carbons (Fsp3) is 0.474. The van der Waals surface area contributed by atoms with Crippen LogP contribution in [-0.4, -0.2) is 35.2 Å². The van der Waals surface area contributed by atoms with E-state index in [0.717, 1.165) is 5.69 Å². The number of rotatable bonds is 3. The molecule has 2 aromatic rings. The van der Waals surface area contributed by atoms with Crippen molar-refractivity contribution in [3.8, 4) is 10.6 Å². The van der Waals surface area contributed by atoms with E-state index in [9.17, 15) is 9.18 Å². The van der Waals surface area contributed by atoms with E-state index in [4.69, 9.17) is 4.74 Å². The van der Waals surface area contributed by atoms with Crippen molar-refractivity contribution in [2.75, 3.05) is 7.11 Å². The number of hydrogen-bond donors (Lipinski definition) is 0. The third-order valence-corrected chi connectivity index (χ3v) is 5.95.